The van der Waals surface area contributed by atoms with Crippen molar-refractivity contribution in [2.45, 2.75) is 123 Å². The second kappa shape index (κ2) is 8.10. The predicted octanol–water partition coefficient (Wildman–Crippen LogP) is 10.5. The Labute approximate surface area is 238 Å². The van der Waals surface area contributed by atoms with Gasteiger partial charge in [-0.3, -0.25) is 0 Å². The molecule has 13 atom stereocenters. The SMILES string of the molecule is CC1(C)C(CC[C@@]2(C)CC3CC2C2CCCC32)C2CC1C1C2CCC1C1CCCC[C@@]1(C)c1cc2ccc1o2. The average Bonchev–Trinajstić information content (AvgIpc) is 3.73. The van der Waals surface area contributed by atoms with Crippen molar-refractivity contribution in [1.82, 2.24) is 0 Å². The third-order valence-corrected chi connectivity index (χ3v) is 16.3. The van der Waals surface area contributed by atoms with Crippen molar-refractivity contribution >= 4 is 11.2 Å². The van der Waals surface area contributed by atoms with E-state index in [0.29, 0.717) is 16.2 Å². The molecule has 0 saturated heterocycles. The van der Waals surface area contributed by atoms with Gasteiger partial charge in [0, 0.05) is 5.56 Å². The number of fused-ring (bicyclic) bond motifs is 12. The summed E-state index contributed by atoms with van der Waals surface area (Å²) in [5.74, 6) is 11.3. The van der Waals surface area contributed by atoms with Gasteiger partial charge in [-0.1, -0.05) is 47.0 Å². The molecule has 6 bridgehead atoms. The molecule has 7 saturated carbocycles. The highest BCUT2D eigenvalue weighted by molar-refractivity contribution is 5.68. The fourth-order valence-corrected chi connectivity index (χ4v) is 14.9. The van der Waals surface area contributed by atoms with Gasteiger partial charge in [-0.25, -0.2) is 0 Å². The predicted molar refractivity (Wildman–Crippen MR) is 160 cm³/mol. The van der Waals surface area contributed by atoms with Crippen LogP contribution in [-0.2, 0) is 5.41 Å². The zero-order valence-corrected chi connectivity index (χ0v) is 25.4. The Bertz CT molecular complexity index is 1240. The van der Waals surface area contributed by atoms with Crippen LogP contribution in [0.3, 0.4) is 0 Å². The molecule has 0 aliphatic heterocycles. The van der Waals surface area contributed by atoms with E-state index in [1.54, 1.807) is 63.4 Å². The second-order valence-electron chi connectivity index (χ2n) is 17.7. The van der Waals surface area contributed by atoms with Crippen LogP contribution in [0.25, 0.3) is 11.2 Å². The Morgan fingerprint density at radius 3 is 2.44 bits per heavy atom. The van der Waals surface area contributed by atoms with Crippen LogP contribution in [0.15, 0.2) is 22.6 Å². The van der Waals surface area contributed by atoms with Gasteiger partial charge in [0.25, 0.3) is 0 Å². The summed E-state index contributed by atoms with van der Waals surface area (Å²) >= 11 is 0. The number of furan rings is 2. The first kappa shape index (κ1) is 24.6. The Morgan fingerprint density at radius 1 is 0.769 bits per heavy atom. The van der Waals surface area contributed by atoms with Gasteiger partial charge in [-0.15, -0.1) is 0 Å². The summed E-state index contributed by atoms with van der Waals surface area (Å²) in [4.78, 5) is 0. The largest absolute Gasteiger partial charge is 0.457 e. The van der Waals surface area contributed by atoms with E-state index in [2.05, 4.69) is 45.9 Å². The monoisotopic (exact) mass is 526 g/mol. The van der Waals surface area contributed by atoms with E-state index in [-0.39, 0.29) is 0 Å². The highest BCUT2D eigenvalue weighted by Crippen LogP contribution is 2.73. The summed E-state index contributed by atoms with van der Waals surface area (Å²) < 4.78 is 6.15. The van der Waals surface area contributed by atoms with Crippen molar-refractivity contribution in [3.05, 3.63) is 23.8 Å². The molecular weight excluding hydrogens is 472 g/mol. The Balaban J connectivity index is 0.953. The molecule has 0 aromatic carbocycles. The van der Waals surface area contributed by atoms with Crippen molar-refractivity contribution in [1.29, 1.82) is 0 Å². The number of hydrogen-bond acceptors (Lipinski definition) is 1. The first-order chi connectivity index (χ1) is 18.8. The Morgan fingerprint density at radius 2 is 1.62 bits per heavy atom. The van der Waals surface area contributed by atoms with Crippen LogP contribution in [0.2, 0.25) is 0 Å². The maximum Gasteiger partial charge on any atom is 0.131 e. The van der Waals surface area contributed by atoms with Crippen LogP contribution in [0, 0.1) is 75.9 Å². The summed E-state index contributed by atoms with van der Waals surface area (Å²) in [5.41, 5.74) is 5.41. The van der Waals surface area contributed by atoms with Crippen LogP contribution < -0.4 is 0 Å². The third-order valence-electron chi connectivity index (χ3n) is 16.3. The molecule has 2 heterocycles. The Hall–Kier alpha value is -0.980. The molecule has 0 N–H and O–H groups in total. The molecule has 9 rings (SSSR count). The number of benzene rings is 1. The van der Waals surface area contributed by atoms with Crippen LogP contribution >= 0.6 is 0 Å². The second-order valence-corrected chi connectivity index (χ2v) is 17.7. The van der Waals surface area contributed by atoms with E-state index in [1.165, 1.54) is 37.7 Å². The molecule has 0 amide bonds. The topological polar surface area (TPSA) is 13.1 Å². The van der Waals surface area contributed by atoms with Crippen LogP contribution in [-0.4, -0.2) is 0 Å². The van der Waals surface area contributed by atoms with Gasteiger partial charge in [0.15, 0.2) is 0 Å². The molecule has 0 radical (unpaired) electrons. The Kier molecular flexibility index (Phi) is 5.11. The summed E-state index contributed by atoms with van der Waals surface area (Å²) in [6.07, 6.45) is 21.3. The first-order valence-electron chi connectivity index (χ1n) is 17.6. The zero-order chi connectivity index (χ0) is 26.3. The van der Waals surface area contributed by atoms with Gasteiger partial charge in [-0.05, 0) is 170 Å². The molecule has 2 aromatic heterocycles. The lowest BCUT2D eigenvalue weighted by molar-refractivity contribution is -0.0127. The highest BCUT2D eigenvalue weighted by Gasteiger charge is 2.66. The van der Waals surface area contributed by atoms with E-state index < -0.39 is 0 Å². The highest BCUT2D eigenvalue weighted by atomic mass is 16.3. The fourth-order valence-electron chi connectivity index (χ4n) is 14.9. The molecule has 7 aliphatic carbocycles. The maximum atomic E-state index is 6.15. The van der Waals surface area contributed by atoms with Gasteiger partial charge >= 0.3 is 0 Å². The molecule has 1 nitrogen and oxygen atoms in total. The normalized spacial score (nSPS) is 53.3. The lowest BCUT2D eigenvalue weighted by Gasteiger charge is -2.51. The minimum Gasteiger partial charge on any atom is -0.457 e. The zero-order valence-electron chi connectivity index (χ0n) is 25.4. The fraction of sp³-hybridized carbons (Fsp3) is 0.842. The van der Waals surface area contributed by atoms with Crippen molar-refractivity contribution < 1.29 is 4.42 Å². The van der Waals surface area contributed by atoms with Crippen molar-refractivity contribution in [3.8, 4) is 0 Å². The molecule has 2 aromatic rings. The van der Waals surface area contributed by atoms with Crippen LogP contribution in [0.1, 0.15) is 123 Å². The standard InChI is InChI=1S/C38H54O/c1-36(2)29(15-17-37(3)21-22-18-31(37)25-9-7-8-24(22)25)28-20-33(36)35-26(28)12-13-27(35)30-10-5-6-16-38(30,4)32-19-23-11-14-34(32)39-23/h11,14,19,22,24-31,33,35H,5-10,12-13,15-18,20-21H2,1-4H3/t22?,24?,25?,26?,27?,28?,29?,30?,31?,33?,35?,37-,38+/m0/s1. The maximum absolute atomic E-state index is 6.15. The van der Waals surface area contributed by atoms with Crippen LogP contribution in [0.4, 0.5) is 0 Å². The van der Waals surface area contributed by atoms with Crippen LogP contribution in [0.5, 0.6) is 0 Å². The molecule has 0 spiro atoms. The van der Waals surface area contributed by atoms with Gasteiger partial charge in [-0.2, -0.15) is 0 Å². The van der Waals surface area contributed by atoms with E-state index in [0.717, 1.165) is 70.7 Å². The summed E-state index contributed by atoms with van der Waals surface area (Å²) in [6, 6.07) is 6.85. The van der Waals surface area contributed by atoms with E-state index in [1.807, 2.05) is 0 Å². The number of rotatable bonds is 5. The van der Waals surface area contributed by atoms with E-state index in [9.17, 15) is 0 Å². The minimum absolute atomic E-state index is 0.319. The molecule has 7 fully saturated rings. The molecule has 39 heavy (non-hydrogen) atoms. The third kappa shape index (κ3) is 3.15. The molecule has 11 unspecified atom stereocenters. The smallest absolute Gasteiger partial charge is 0.131 e. The van der Waals surface area contributed by atoms with Crippen molar-refractivity contribution in [3.63, 3.8) is 0 Å². The van der Waals surface area contributed by atoms with Gasteiger partial charge < -0.3 is 4.42 Å². The summed E-state index contributed by atoms with van der Waals surface area (Å²) in [7, 11) is 0. The quantitative estimate of drug-likeness (QED) is 0.377. The average molecular weight is 527 g/mol. The first-order valence-corrected chi connectivity index (χ1v) is 17.6. The molecule has 7 aliphatic rings. The summed E-state index contributed by atoms with van der Waals surface area (Å²) in [5, 5.41) is 0. The number of hydrogen-bond donors (Lipinski definition) is 0. The lowest BCUT2D eigenvalue weighted by atomic mass is 9.53. The van der Waals surface area contributed by atoms with E-state index >= 15 is 0 Å². The minimum atomic E-state index is 0.319. The summed E-state index contributed by atoms with van der Waals surface area (Å²) in [6.45, 7) is 10.9. The molecule has 212 valence electrons. The van der Waals surface area contributed by atoms with Crippen molar-refractivity contribution in [2.24, 2.45) is 75.9 Å². The van der Waals surface area contributed by atoms with E-state index in [4.69, 9.17) is 4.42 Å². The lowest BCUT2D eigenvalue weighted by Crippen LogP contribution is -2.46. The molecular formula is C38H54O. The van der Waals surface area contributed by atoms with Gasteiger partial charge in [0.05, 0.1) is 0 Å². The van der Waals surface area contributed by atoms with Gasteiger partial charge in [0.1, 0.15) is 11.2 Å². The van der Waals surface area contributed by atoms with Gasteiger partial charge in [0.2, 0.25) is 0 Å². The molecule has 1 heteroatoms. The van der Waals surface area contributed by atoms with Crippen molar-refractivity contribution in [2.75, 3.05) is 0 Å².